The van der Waals surface area contributed by atoms with Crippen molar-refractivity contribution in [2.24, 2.45) is 0 Å². The van der Waals surface area contributed by atoms with Crippen molar-refractivity contribution in [2.75, 3.05) is 19.0 Å². The van der Waals surface area contributed by atoms with Crippen molar-refractivity contribution in [1.29, 1.82) is 0 Å². The number of amides is 1. The largest absolute Gasteiger partial charge is 0.493 e. The third-order valence-electron chi connectivity index (χ3n) is 3.69. The summed E-state index contributed by atoms with van der Waals surface area (Å²) in [6.07, 6.45) is 3.40. The zero-order chi connectivity index (χ0) is 15.5. The van der Waals surface area contributed by atoms with Gasteiger partial charge in [-0.2, -0.15) is 0 Å². The number of ether oxygens (including phenoxy) is 2. The molecule has 1 aliphatic rings. The number of hydrogen-bond donors (Lipinski definition) is 1. The van der Waals surface area contributed by atoms with Gasteiger partial charge in [-0.3, -0.25) is 4.79 Å². The fraction of sp³-hybridized carbons (Fsp3) is 0.353. The highest BCUT2D eigenvalue weighted by atomic mass is 32.1. The molecular formula is C17H19NO3S. The summed E-state index contributed by atoms with van der Waals surface area (Å²) in [5, 5.41) is 2.93. The van der Waals surface area contributed by atoms with Gasteiger partial charge in [-0.15, -0.1) is 11.3 Å². The van der Waals surface area contributed by atoms with Gasteiger partial charge < -0.3 is 14.8 Å². The topological polar surface area (TPSA) is 47.6 Å². The minimum atomic E-state index is -0.0642. The maximum atomic E-state index is 12.4. The van der Waals surface area contributed by atoms with Crippen molar-refractivity contribution in [3.63, 3.8) is 0 Å². The Hall–Kier alpha value is -2.01. The first-order valence-corrected chi connectivity index (χ1v) is 8.26. The van der Waals surface area contributed by atoms with Gasteiger partial charge >= 0.3 is 0 Å². The summed E-state index contributed by atoms with van der Waals surface area (Å²) < 4.78 is 10.8. The van der Waals surface area contributed by atoms with Gasteiger partial charge in [0.1, 0.15) is 0 Å². The summed E-state index contributed by atoms with van der Waals surface area (Å²) in [4.78, 5) is 14.5. The summed E-state index contributed by atoms with van der Waals surface area (Å²) in [7, 11) is 1.59. The van der Waals surface area contributed by atoms with E-state index in [-0.39, 0.29) is 5.91 Å². The van der Waals surface area contributed by atoms with Crippen LogP contribution in [0.5, 0.6) is 11.5 Å². The zero-order valence-electron chi connectivity index (χ0n) is 12.8. The van der Waals surface area contributed by atoms with Crippen molar-refractivity contribution in [3.8, 4) is 11.5 Å². The van der Waals surface area contributed by atoms with E-state index in [1.807, 2.05) is 25.1 Å². The van der Waals surface area contributed by atoms with Crippen molar-refractivity contribution < 1.29 is 14.3 Å². The highest BCUT2D eigenvalue weighted by molar-refractivity contribution is 7.14. The van der Waals surface area contributed by atoms with E-state index < -0.39 is 0 Å². The molecule has 0 saturated heterocycles. The lowest BCUT2D eigenvalue weighted by molar-refractivity contribution is 0.103. The number of benzene rings is 1. The molecule has 2 aromatic rings. The molecule has 0 radical (unpaired) electrons. The molecule has 1 aliphatic carbocycles. The number of carbonyl (C=O) groups is 1. The van der Waals surface area contributed by atoms with Crippen molar-refractivity contribution in [2.45, 2.75) is 26.2 Å². The van der Waals surface area contributed by atoms with E-state index >= 15 is 0 Å². The quantitative estimate of drug-likeness (QED) is 0.910. The number of carbonyl (C=O) groups excluding carboxylic acids is 1. The lowest BCUT2D eigenvalue weighted by Gasteiger charge is -2.11. The lowest BCUT2D eigenvalue weighted by atomic mass is 10.2. The molecule has 0 aliphatic heterocycles. The first-order chi connectivity index (χ1) is 10.7. The molecule has 116 valence electrons. The SMILES string of the molecule is CCOc1ccc(NC(=O)c2cc3c(s2)CCC3)cc1OC. The summed E-state index contributed by atoms with van der Waals surface area (Å²) in [6, 6.07) is 7.44. The summed E-state index contributed by atoms with van der Waals surface area (Å²) in [5.74, 6) is 1.23. The van der Waals surface area contributed by atoms with E-state index in [2.05, 4.69) is 5.32 Å². The normalized spacial score (nSPS) is 12.8. The maximum absolute atomic E-state index is 12.4. The zero-order valence-corrected chi connectivity index (χ0v) is 13.6. The van der Waals surface area contributed by atoms with Crippen LogP contribution < -0.4 is 14.8 Å². The van der Waals surface area contributed by atoms with Crippen LogP contribution in [0.1, 0.15) is 33.5 Å². The third-order valence-corrected chi connectivity index (χ3v) is 4.93. The molecule has 4 nitrogen and oxygen atoms in total. The van der Waals surface area contributed by atoms with Crippen molar-refractivity contribution in [1.82, 2.24) is 0 Å². The van der Waals surface area contributed by atoms with E-state index in [0.717, 1.165) is 17.7 Å². The molecule has 3 rings (SSSR count). The van der Waals surface area contributed by atoms with Gasteiger partial charge in [0.05, 0.1) is 18.6 Å². The van der Waals surface area contributed by atoms with E-state index in [4.69, 9.17) is 9.47 Å². The Morgan fingerprint density at radius 1 is 1.27 bits per heavy atom. The van der Waals surface area contributed by atoms with Crippen LogP contribution in [0.25, 0.3) is 0 Å². The molecule has 0 atom stereocenters. The fourth-order valence-electron chi connectivity index (χ4n) is 2.65. The Morgan fingerprint density at radius 2 is 2.14 bits per heavy atom. The Labute approximate surface area is 134 Å². The number of nitrogens with one attached hydrogen (secondary N) is 1. The van der Waals surface area contributed by atoms with Crippen LogP contribution in [-0.2, 0) is 12.8 Å². The van der Waals surface area contributed by atoms with E-state index in [0.29, 0.717) is 23.8 Å². The molecule has 1 N–H and O–H groups in total. The first kappa shape index (κ1) is 14.9. The molecule has 0 fully saturated rings. The highest BCUT2D eigenvalue weighted by Gasteiger charge is 2.18. The van der Waals surface area contributed by atoms with Crippen LogP contribution in [0.3, 0.4) is 0 Å². The summed E-state index contributed by atoms with van der Waals surface area (Å²) in [6.45, 7) is 2.49. The Morgan fingerprint density at radius 3 is 2.86 bits per heavy atom. The molecule has 0 unspecified atom stereocenters. The Bertz CT molecular complexity index is 672. The minimum Gasteiger partial charge on any atom is -0.493 e. The number of fused-ring (bicyclic) bond motifs is 1. The molecule has 22 heavy (non-hydrogen) atoms. The van der Waals surface area contributed by atoms with Gasteiger partial charge in [-0.25, -0.2) is 0 Å². The Kier molecular flexibility index (Phi) is 4.34. The lowest BCUT2D eigenvalue weighted by Crippen LogP contribution is -2.10. The van der Waals surface area contributed by atoms with Crippen LogP contribution in [0.2, 0.25) is 0 Å². The molecule has 0 bridgehead atoms. The minimum absolute atomic E-state index is 0.0642. The maximum Gasteiger partial charge on any atom is 0.265 e. The average Bonchev–Trinajstić information content (AvgIpc) is 3.10. The molecule has 1 heterocycles. The first-order valence-electron chi connectivity index (χ1n) is 7.45. The van der Waals surface area contributed by atoms with Gasteiger partial charge in [0.2, 0.25) is 0 Å². The van der Waals surface area contributed by atoms with Crippen molar-refractivity contribution >= 4 is 22.9 Å². The van der Waals surface area contributed by atoms with Gasteiger partial charge in [-0.1, -0.05) is 0 Å². The summed E-state index contributed by atoms with van der Waals surface area (Å²) >= 11 is 1.60. The van der Waals surface area contributed by atoms with Gasteiger partial charge in [-0.05, 0) is 49.9 Å². The van der Waals surface area contributed by atoms with Gasteiger partial charge in [0.25, 0.3) is 5.91 Å². The second-order valence-corrected chi connectivity index (χ2v) is 6.30. The molecule has 0 saturated carbocycles. The predicted molar refractivity (Wildman–Crippen MR) is 88.5 cm³/mol. The van der Waals surface area contributed by atoms with Crippen LogP contribution in [-0.4, -0.2) is 19.6 Å². The van der Waals surface area contributed by atoms with Crippen LogP contribution in [0.4, 0.5) is 5.69 Å². The smallest absolute Gasteiger partial charge is 0.265 e. The molecule has 5 heteroatoms. The molecule has 1 aromatic heterocycles. The average molecular weight is 317 g/mol. The summed E-state index contributed by atoms with van der Waals surface area (Å²) in [5.41, 5.74) is 2.04. The number of methoxy groups -OCH3 is 1. The highest BCUT2D eigenvalue weighted by Crippen LogP contribution is 2.33. The monoisotopic (exact) mass is 317 g/mol. The van der Waals surface area contributed by atoms with E-state index in [1.54, 1.807) is 24.5 Å². The fourth-order valence-corrected chi connectivity index (χ4v) is 3.80. The second kappa shape index (κ2) is 6.40. The van der Waals surface area contributed by atoms with Crippen LogP contribution in [0, 0.1) is 0 Å². The second-order valence-electron chi connectivity index (χ2n) is 5.17. The number of thiophene rings is 1. The van der Waals surface area contributed by atoms with Gasteiger partial charge in [0, 0.05) is 16.6 Å². The predicted octanol–water partition coefficient (Wildman–Crippen LogP) is 3.90. The number of aryl methyl sites for hydroxylation is 2. The van der Waals surface area contributed by atoms with Crippen LogP contribution in [0.15, 0.2) is 24.3 Å². The number of hydrogen-bond acceptors (Lipinski definition) is 4. The Balaban J connectivity index is 1.75. The number of rotatable bonds is 5. The molecule has 0 spiro atoms. The van der Waals surface area contributed by atoms with E-state index in [9.17, 15) is 4.79 Å². The molecular weight excluding hydrogens is 298 g/mol. The molecule has 1 aromatic carbocycles. The van der Waals surface area contributed by atoms with Crippen LogP contribution >= 0.6 is 11.3 Å². The third kappa shape index (κ3) is 2.95. The molecule has 1 amide bonds. The standard InChI is InChI=1S/C17H19NO3S/c1-3-21-13-8-7-12(10-14(13)20-2)18-17(19)16-9-11-5-4-6-15(11)22-16/h7-10H,3-6H2,1-2H3,(H,18,19). The number of anilines is 1. The van der Waals surface area contributed by atoms with Gasteiger partial charge in [0.15, 0.2) is 11.5 Å². The van der Waals surface area contributed by atoms with E-state index in [1.165, 1.54) is 16.9 Å². The van der Waals surface area contributed by atoms with Crippen molar-refractivity contribution in [3.05, 3.63) is 39.6 Å².